The maximum absolute atomic E-state index is 11.8. The first-order valence-electron chi connectivity index (χ1n) is 10.4. The Balaban J connectivity index is 1.88. The van der Waals surface area contributed by atoms with Gasteiger partial charge in [-0.3, -0.25) is 4.79 Å². The van der Waals surface area contributed by atoms with Crippen LogP contribution in [-0.2, 0) is 25.6 Å². The lowest BCUT2D eigenvalue weighted by Crippen LogP contribution is -2.47. The molecule has 1 N–H and O–H groups in total. The summed E-state index contributed by atoms with van der Waals surface area (Å²) in [6, 6.07) is 10.1. The number of esters is 1. The molecule has 0 radical (unpaired) electrons. The molecule has 158 valence electrons. The second-order valence-electron chi connectivity index (χ2n) is 8.33. The molecule has 1 saturated heterocycles. The number of carbonyl (C=O) groups is 1. The van der Waals surface area contributed by atoms with Gasteiger partial charge >= 0.3 is 5.97 Å². The number of aliphatic hydroxyl groups excluding tert-OH is 1. The Bertz CT molecular complexity index is 590. The summed E-state index contributed by atoms with van der Waals surface area (Å²) >= 11 is 0. The fraction of sp³-hybridized carbons (Fsp3) is 0.696. The quantitative estimate of drug-likeness (QED) is 0.647. The van der Waals surface area contributed by atoms with E-state index in [0.29, 0.717) is 19.1 Å². The third kappa shape index (κ3) is 6.03. The summed E-state index contributed by atoms with van der Waals surface area (Å²) in [4.78, 5) is 11.8. The van der Waals surface area contributed by atoms with E-state index >= 15 is 0 Å². The zero-order valence-corrected chi connectivity index (χ0v) is 17.8. The molecule has 0 saturated carbocycles. The molecule has 0 amide bonds. The van der Waals surface area contributed by atoms with Crippen LogP contribution in [-0.4, -0.2) is 43.1 Å². The Hall–Kier alpha value is -1.43. The predicted molar refractivity (Wildman–Crippen MR) is 109 cm³/mol. The van der Waals surface area contributed by atoms with Crippen molar-refractivity contribution in [2.75, 3.05) is 13.7 Å². The molecule has 5 nitrogen and oxygen atoms in total. The Kier molecular flexibility index (Phi) is 8.93. The van der Waals surface area contributed by atoms with E-state index in [2.05, 4.69) is 26.0 Å². The molecule has 1 aliphatic heterocycles. The van der Waals surface area contributed by atoms with E-state index in [4.69, 9.17) is 14.2 Å². The van der Waals surface area contributed by atoms with Crippen LogP contribution in [0.1, 0.15) is 46.1 Å². The van der Waals surface area contributed by atoms with Crippen molar-refractivity contribution in [3.8, 4) is 0 Å². The summed E-state index contributed by atoms with van der Waals surface area (Å²) in [6.45, 7) is 9.21. The number of hydrogen-bond donors (Lipinski definition) is 1. The van der Waals surface area contributed by atoms with E-state index in [-0.39, 0.29) is 30.0 Å². The molecule has 1 aromatic rings. The molecule has 2 rings (SSSR count). The lowest BCUT2D eigenvalue weighted by molar-refractivity contribution is -0.163. The highest BCUT2D eigenvalue weighted by Crippen LogP contribution is 2.35. The highest BCUT2D eigenvalue weighted by atomic mass is 16.5. The average molecular weight is 393 g/mol. The van der Waals surface area contributed by atoms with Gasteiger partial charge in [0.05, 0.1) is 44.6 Å². The third-order valence-corrected chi connectivity index (χ3v) is 6.07. The SMILES string of the molecule is COC(=O)[C@@H](C)[C@H](O)[C@H](C)[C@H]1O[C@H]([C@H](C)COCc2ccccc2)CC[C@@H]1C. The van der Waals surface area contributed by atoms with Crippen molar-refractivity contribution in [1.29, 1.82) is 0 Å². The zero-order chi connectivity index (χ0) is 20.7. The number of hydrogen-bond acceptors (Lipinski definition) is 5. The molecule has 1 fully saturated rings. The molecule has 1 aromatic carbocycles. The van der Waals surface area contributed by atoms with E-state index in [1.807, 2.05) is 25.1 Å². The molecule has 0 bridgehead atoms. The summed E-state index contributed by atoms with van der Waals surface area (Å²) < 4.78 is 17.1. The van der Waals surface area contributed by atoms with Gasteiger partial charge in [-0.1, -0.05) is 51.1 Å². The molecule has 0 unspecified atom stereocenters. The maximum atomic E-state index is 11.8. The van der Waals surface area contributed by atoms with Gasteiger partial charge < -0.3 is 19.3 Å². The number of rotatable bonds is 9. The number of methoxy groups -OCH3 is 1. The second kappa shape index (κ2) is 10.9. The van der Waals surface area contributed by atoms with Crippen LogP contribution in [0, 0.1) is 23.7 Å². The van der Waals surface area contributed by atoms with Crippen molar-refractivity contribution in [2.24, 2.45) is 23.7 Å². The van der Waals surface area contributed by atoms with Crippen molar-refractivity contribution in [3.05, 3.63) is 35.9 Å². The Morgan fingerprint density at radius 2 is 1.89 bits per heavy atom. The van der Waals surface area contributed by atoms with Gasteiger partial charge in [-0.05, 0) is 31.2 Å². The van der Waals surface area contributed by atoms with Crippen LogP contribution in [0.25, 0.3) is 0 Å². The van der Waals surface area contributed by atoms with Gasteiger partial charge in [-0.25, -0.2) is 0 Å². The van der Waals surface area contributed by atoms with Gasteiger partial charge in [0.1, 0.15) is 0 Å². The fourth-order valence-corrected chi connectivity index (χ4v) is 4.08. The maximum Gasteiger partial charge on any atom is 0.311 e. The van der Waals surface area contributed by atoms with Crippen LogP contribution in [0.5, 0.6) is 0 Å². The first-order chi connectivity index (χ1) is 13.3. The van der Waals surface area contributed by atoms with Gasteiger partial charge in [0.2, 0.25) is 0 Å². The van der Waals surface area contributed by atoms with Crippen molar-refractivity contribution >= 4 is 5.97 Å². The summed E-state index contributed by atoms with van der Waals surface area (Å²) in [5.74, 6) is -0.501. The fourth-order valence-electron chi connectivity index (χ4n) is 4.08. The van der Waals surface area contributed by atoms with E-state index in [9.17, 15) is 9.90 Å². The predicted octanol–water partition coefficient (Wildman–Crippen LogP) is 3.83. The third-order valence-electron chi connectivity index (χ3n) is 6.07. The van der Waals surface area contributed by atoms with E-state index in [1.54, 1.807) is 6.92 Å². The Morgan fingerprint density at radius 3 is 2.54 bits per heavy atom. The van der Waals surface area contributed by atoms with Gasteiger partial charge in [0.25, 0.3) is 0 Å². The van der Waals surface area contributed by atoms with Crippen LogP contribution in [0.3, 0.4) is 0 Å². The van der Waals surface area contributed by atoms with Crippen molar-refractivity contribution < 1.29 is 24.1 Å². The monoisotopic (exact) mass is 392 g/mol. The summed E-state index contributed by atoms with van der Waals surface area (Å²) in [6.07, 6.45) is 1.26. The van der Waals surface area contributed by atoms with Crippen molar-refractivity contribution in [1.82, 2.24) is 0 Å². The van der Waals surface area contributed by atoms with Crippen molar-refractivity contribution in [2.45, 2.75) is 65.5 Å². The number of ether oxygens (including phenoxy) is 3. The van der Waals surface area contributed by atoms with Crippen LogP contribution >= 0.6 is 0 Å². The lowest BCUT2D eigenvalue weighted by Gasteiger charge is -2.42. The first-order valence-corrected chi connectivity index (χ1v) is 10.4. The molecule has 7 atom stereocenters. The van der Waals surface area contributed by atoms with Gasteiger partial charge in [-0.15, -0.1) is 0 Å². The molecule has 0 aromatic heterocycles. The molecule has 0 spiro atoms. The zero-order valence-electron chi connectivity index (χ0n) is 17.8. The topological polar surface area (TPSA) is 65.0 Å². The summed E-state index contributed by atoms with van der Waals surface area (Å²) in [5, 5.41) is 10.6. The van der Waals surface area contributed by atoms with Gasteiger partial charge in [0, 0.05) is 11.8 Å². The minimum Gasteiger partial charge on any atom is -0.469 e. The van der Waals surface area contributed by atoms with Gasteiger partial charge in [-0.2, -0.15) is 0 Å². The molecule has 5 heteroatoms. The number of benzene rings is 1. The van der Waals surface area contributed by atoms with E-state index in [1.165, 1.54) is 12.7 Å². The Labute approximate surface area is 169 Å². The molecule has 0 aliphatic carbocycles. The molecular weight excluding hydrogens is 356 g/mol. The first kappa shape index (κ1) is 22.9. The summed E-state index contributed by atoms with van der Waals surface area (Å²) in [7, 11) is 1.35. The highest BCUT2D eigenvalue weighted by Gasteiger charge is 2.39. The lowest BCUT2D eigenvalue weighted by atomic mass is 9.79. The molecule has 1 aliphatic rings. The van der Waals surface area contributed by atoms with Crippen molar-refractivity contribution in [3.63, 3.8) is 0 Å². The second-order valence-corrected chi connectivity index (χ2v) is 8.33. The minimum atomic E-state index is -0.789. The molecule has 1 heterocycles. The smallest absolute Gasteiger partial charge is 0.311 e. The summed E-state index contributed by atoms with van der Waals surface area (Å²) in [5.41, 5.74) is 1.17. The average Bonchev–Trinajstić information content (AvgIpc) is 2.72. The number of aliphatic hydroxyl groups is 1. The van der Waals surface area contributed by atoms with Crippen LogP contribution in [0.15, 0.2) is 30.3 Å². The minimum absolute atomic E-state index is 0.0857. The van der Waals surface area contributed by atoms with Crippen LogP contribution in [0.2, 0.25) is 0 Å². The largest absolute Gasteiger partial charge is 0.469 e. The van der Waals surface area contributed by atoms with Crippen LogP contribution in [0.4, 0.5) is 0 Å². The Morgan fingerprint density at radius 1 is 1.21 bits per heavy atom. The molecule has 28 heavy (non-hydrogen) atoms. The van der Waals surface area contributed by atoms with Gasteiger partial charge in [0.15, 0.2) is 0 Å². The number of carbonyl (C=O) groups excluding carboxylic acids is 1. The standard InChI is InChI=1S/C23H36O5/c1-15-11-12-20(16(2)13-27-14-19-9-7-6-8-10-19)28-22(15)17(3)21(24)18(4)23(25)26-5/h6-10,15-18,20-22,24H,11-14H2,1-5H3/t15-,16+,17-,18-,20-,21+,22-/m0/s1. The highest BCUT2D eigenvalue weighted by molar-refractivity contribution is 5.72. The molecular formula is C23H36O5. The normalized spacial score (nSPS) is 26.9. The van der Waals surface area contributed by atoms with Crippen LogP contribution < -0.4 is 0 Å². The van der Waals surface area contributed by atoms with E-state index in [0.717, 1.165) is 12.8 Å². The van der Waals surface area contributed by atoms with E-state index < -0.39 is 12.0 Å².